The van der Waals surface area contributed by atoms with Gasteiger partial charge in [0.25, 0.3) is 5.56 Å². The fraction of sp³-hybridized carbons (Fsp3) is 0.333. The van der Waals surface area contributed by atoms with Gasteiger partial charge in [-0.25, -0.2) is 9.36 Å². The molecule has 1 heterocycles. The van der Waals surface area contributed by atoms with E-state index in [4.69, 9.17) is 16.3 Å². The van der Waals surface area contributed by atoms with Gasteiger partial charge < -0.3 is 4.74 Å². The van der Waals surface area contributed by atoms with Crippen molar-refractivity contribution in [3.63, 3.8) is 0 Å². The van der Waals surface area contributed by atoms with Crippen LogP contribution in [0.5, 0.6) is 0 Å². The minimum Gasteiger partial charge on any atom is -0.384 e. The molecule has 0 aliphatic heterocycles. The van der Waals surface area contributed by atoms with Crippen LogP contribution in [-0.2, 0) is 17.6 Å². The van der Waals surface area contributed by atoms with Crippen LogP contribution < -0.4 is 11.2 Å². The van der Waals surface area contributed by atoms with Crippen molar-refractivity contribution in [2.75, 3.05) is 13.7 Å². The molecule has 0 saturated heterocycles. The zero-order chi connectivity index (χ0) is 15.4. The molecule has 0 radical (unpaired) electrons. The number of para-hydroxylation sites is 1. The average Bonchev–Trinajstić information content (AvgIpc) is 2.46. The molecule has 0 bridgehead atoms. The van der Waals surface area contributed by atoms with Crippen LogP contribution in [0.25, 0.3) is 5.69 Å². The number of nitrogens with zero attached hydrogens (tertiary/aromatic N) is 1. The molecule has 2 aromatic rings. The van der Waals surface area contributed by atoms with E-state index in [0.29, 0.717) is 30.7 Å². The number of hydrogen-bond acceptors (Lipinski definition) is 3. The molecule has 6 heteroatoms. The Morgan fingerprint density at radius 1 is 1.29 bits per heavy atom. The molecule has 1 aromatic carbocycles. The highest BCUT2D eigenvalue weighted by molar-refractivity contribution is 6.30. The smallest absolute Gasteiger partial charge is 0.334 e. The summed E-state index contributed by atoms with van der Waals surface area (Å²) in [7, 11) is 1.61. The zero-order valence-electron chi connectivity index (χ0n) is 12.0. The third-order valence-corrected chi connectivity index (χ3v) is 3.63. The predicted octanol–water partition coefficient (Wildman–Crippen LogP) is 1.93. The van der Waals surface area contributed by atoms with Crippen molar-refractivity contribution in [3.8, 4) is 5.69 Å². The van der Waals surface area contributed by atoms with Crippen LogP contribution in [0.15, 0.2) is 33.9 Å². The van der Waals surface area contributed by atoms with Crippen LogP contribution in [0.3, 0.4) is 0 Å². The maximum Gasteiger partial charge on any atom is 0.334 e. The topological polar surface area (TPSA) is 64.1 Å². The molecule has 112 valence electrons. The number of aromatic amines is 1. The van der Waals surface area contributed by atoms with Gasteiger partial charge in [0.15, 0.2) is 0 Å². The van der Waals surface area contributed by atoms with Gasteiger partial charge in [-0.2, -0.15) is 0 Å². The van der Waals surface area contributed by atoms with E-state index in [-0.39, 0.29) is 10.7 Å². The number of H-pyrrole nitrogens is 1. The molecule has 0 spiro atoms. The number of nitrogens with one attached hydrogen (secondary N) is 1. The molecule has 2 rings (SSSR count). The van der Waals surface area contributed by atoms with E-state index >= 15 is 0 Å². The van der Waals surface area contributed by atoms with E-state index in [1.165, 1.54) is 0 Å². The van der Waals surface area contributed by atoms with E-state index in [1.54, 1.807) is 19.2 Å². The fourth-order valence-corrected chi connectivity index (χ4v) is 2.52. The molecule has 0 unspecified atom stereocenters. The summed E-state index contributed by atoms with van der Waals surface area (Å²) in [6.07, 6.45) is 1.07. The molecule has 0 saturated carbocycles. The Bertz CT molecular complexity index is 749. The number of methoxy groups -OCH3 is 1. The SMILES string of the molecule is CCc1c(Cl)[nH]c(=O)n(-c2ccccc2CCOC)c1=O. The Hall–Kier alpha value is -1.85. The van der Waals surface area contributed by atoms with Crippen LogP contribution in [0.1, 0.15) is 18.1 Å². The number of rotatable bonds is 5. The number of ether oxygens (including phenoxy) is 1. The lowest BCUT2D eigenvalue weighted by Gasteiger charge is -2.12. The Labute approximate surface area is 127 Å². The predicted molar refractivity (Wildman–Crippen MR) is 82.6 cm³/mol. The molecule has 0 aliphatic carbocycles. The number of aromatic nitrogens is 2. The second kappa shape index (κ2) is 6.74. The summed E-state index contributed by atoms with van der Waals surface area (Å²) in [4.78, 5) is 27.2. The second-order valence-electron chi connectivity index (χ2n) is 4.59. The van der Waals surface area contributed by atoms with E-state index in [2.05, 4.69) is 4.98 Å². The van der Waals surface area contributed by atoms with Crippen molar-refractivity contribution in [2.45, 2.75) is 19.8 Å². The number of halogens is 1. The minimum atomic E-state index is -0.535. The maximum atomic E-state index is 12.5. The molecule has 5 nitrogen and oxygen atoms in total. The lowest BCUT2D eigenvalue weighted by molar-refractivity contribution is 0.202. The summed E-state index contributed by atoms with van der Waals surface area (Å²) in [5.74, 6) is 0. The standard InChI is InChI=1S/C15H17ClN2O3/c1-3-11-13(16)17-15(20)18(14(11)19)12-7-5-4-6-10(12)8-9-21-2/h4-7H,3,8-9H2,1-2H3,(H,17,20). The first kappa shape index (κ1) is 15.5. The molecule has 0 atom stereocenters. The monoisotopic (exact) mass is 308 g/mol. The van der Waals surface area contributed by atoms with Crippen LogP contribution in [0.2, 0.25) is 5.15 Å². The second-order valence-corrected chi connectivity index (χ2v) is 4.97. The molecule has 0 amide bonds. The molecule has 1 aromatic heterocycles. The maximum absolute atomic E-state index is 12.5. The van der Waals surface area contributed by atoms with Gasteiger partial charge in [0, 0.05) is 7.11 Å². The van der Waals surface area contributed by atoms with Crippen molar-refractivity contribution < 1.29 is 4.74 Å². The molecule has 0 fully saturated rings. The highest BCUT2D eigenvalue weighted by Crippen LogP contribution is 2.14. The molecule has 0 aliphatic rings. The Balaban J connectivity index is 2.68. The Kier molecular flexibility index (Phi) is 4.98. The van der Waals surface area contributed by atoms with Crippen LogP contribution in [-0.4, -0.2) is 23.3 Å². The van der Waals surface area contributed by atoms with Crippen molar-refractivity contribution in [2.24, 2.45) is 0 Å². The van der Waals surface area contributed by atoms with Crippen LogP contribution >= 0.6 is 11.6 Å². The zero-order valence-corrected chi connectivity index (χ0v) is 12.7. The first-order valence-electron chi connectivity index (χ1n) is 6.71. The van der Waals surface area contributed by atoms with Crippen molar-refractivity contribution in [1.29, 1.82) is 0 Å². The van der Waals surface area contributed by atoms with Gasteiger partial charge in [0.2, 0.25) is 0 Å². The first-order chi connectivity index (χ1) is 10.1. The Morgan fingerprint density at radius 3 is 2.67 bits per heavy atom. The molecule has 21 heavy (non-hydrogen) atoms. The number of benzene rings is 1. The third-order valence-electron chi connectivity index (χ3n) is 3.31. The highest BCUT2D eigenvalue weighted by atomic mass is 35.5. The summed E-state index contributed by atoms with van der Waals surface area (Å²) in [6, 6.07) is 7.28. The van der Waals surface area contributed by atoms with E-state index in [0.717, 1.165) is 10.1 Å². The fourth-order valence-electron chi connectivity index (χ4n) is 2.22. The van der Waals surface area contributed by atoms with Gasteiger partial charge in [0.1, 0.15) is 5.15 Å². The third kappa shape index (κ3) is 3.09. The van der Waals surface area contributed by atoms with Gasteiger partial charge in [-0.15, -0.1) is 0 Å². The van der Waals surface area contributed by atoms with E-state index < -0.39 is 5.69 Å². The van der Waals surface area contributed by atoms with Gasteiger partial charge in [-0.1, -0.05) is 36.7 Å². The lowest BCUT2D eigenvalue weighted by atomic mass is 10.1. The minimum absolute atomic E-state index is 0.109. The van der Waals surface area contributed by atoms with Gasteiger partial charge in [0.05, 0.1) is 17.9 Å². The van der Waals surface area contributed by atoms with Gasteiger partial charge in [-0.3, -0.25) is 9.78 Å². The molecular weight excluding hydrogens is 292 g/mol. The van der Waals surface area contributed by atoms with Crippen molar-refractivity contribution in [1.82, 2.24) is 9.55 Å². The van der Waals surface area contributed by atoms with Crippen molar-refractivity contribution in [3.05, 3.63) is 61.4 Å². The van der Waals surface area contributed by atoms with Crippen LogP contribution in [0.4, 0.5) is 0 Å². The van der Waals surface area contributed by atoms with E-state index in [9.17, 15) is 9.59 Å². The largest absolute Gasteiger partial charge is 0.384 e. The summed E-state index contributed by atoms with van der Waals surface area (Å²) >= 11 is 5.93. The van der Waals surface area contributed by atoms with E-state index in [1.807, 2.05) is 19.1 Å². The summed E-state index contributed by atoms with van der Waals surface area (Å²) in [5, 5.41) is 0.109. The molecule has 1 N–H and O–H groups in total. The summed E-state index contributed by atoms with van der Waals surface area (Å²) in [6.45, 7) is 2.33. The normalized spacial score (nSPS) is 10.8. The van der Waals surface area contributed by atoms with Crippen LogP contribution in [0, 0.1) is 0 Å². The van der Waals surface area contributed by atoms with Gasteiger partial charge in [-0.05, 0) is 24.5 Å². The summed E-state index contributed by atoms with van der Waals surface area (Å²) < 4.78 is 6.20. The highest BCUT2D eigenvalue weighted by Gasteiger charge is 2.14. The lowest BCUT2D eigenvalue weighted by Crippen LogP contribution is -2.36. The Morgan fingerprint density at radius 2 is 2.00 bits per heavy atom. The molecular formula is C15H17ClN2O3. The average molecular weight is 309 g/mol. The summed E-state index contributed by atoms with van der Waals surface area (Å²) in [5.41, 5.74) is 0.921. The quantitative estimate of drug-likeness (QED) is 0.858. The van der Waals surface area contributed by atoms with Gasteiger partial charge >= 0.3 is 5.69 Å². The van der Waals surface area contributed by atoms with Crippen molar-refractivity contribution >= 4 is 11.6 Å². The number of hydrogen-bond donors (Lipinski definition) is 1. The first-order valence-corrected chi connectivity index (χ1v) is 7.08.